The van der Waals surface area contributed by atoms with Crippen LogP contribution in [0.15, 0.2) is 53.9 Å². The third-order valence-electron chi connectivity index (χ3n) is 4.50. The highest BCUT2D eigenvalue weighted by molar-refractivity contribution is 6.08. The van der Waals surface area contributed by atoms with Gasteiger partial charge in [0.1, 0.15) is 11.1 Å². The molecule has 0 saturated heterocycles. The lowest BCUT2D eigenvalue weighted by Crippen LogP contribution is -2.40. The van der Waals surface area contributed by atoms with Gasteiger partial charge in [-0.1, -0.05) is 17.3 Å². The second-order valence-corrected chi connectivity index (χ2v) is 8.34. The summed E-state index contributed by atoms with van der Waals surface area (Å²) >= 11 is 0. The van der Waals surface area contributed by atoms with Crippen LogP contribution < -0.4 is 5.36 Å². The molecule has 0 spiro atoms. The lowest BCUT2D eigenvalue weighted by Gasteiger charge is -2.26. The minimum Gasteiger partial charge on any atom is -0.457 e. The Kier molecular flexibility index (Phi) is 4.03. The second-order valence-electron chi connectivity index (χ2n) is 8.34. The van der Waals surface area contributed by atoms with E-state index in [4.69, 9.17) is 9.57 Å². The number of ether oxygens (including phenoxy) is 1. The summed E-state index contributed by atoms with van der Waals surface area (Å²) in [5, 5.41) is 7.04. The van der Waals surface area contributed by atoms with E-state index in [1.165, 1.54) is 0 Å². The molecule has 3 heterocycles. The standard InChI is InChI=1S/C22H23N3O3/c1-21(2,3)27-20(26)22(4,5)28-24-18-16-10-7-13-25(16)15-9-6-8-14-11-12-23-19(18)17(14)15/h6-13H,1-5H3. The summed E-state index contributed by atoms with van der Waals surface area (Å²) in [6.07, 6.45) is 3.74. The number of hydrogen-bond donors (Lipinski definition) is 0. The summed E-state index contributed by atoms with van der Waals surface area (Å²) < 4.78 is 7.51. The van der Waals surface area contributed by atoms with Crippen molar-refractivity contribution in [3.8, 4) is 0 Å². The molecule has 0 aliphatic carbocycles. The van der Waals surface area contributed by atoms with Crippen molar-refractivity contribution in [1.29, 1.82) is 0 Å². The van der Waals surface area contributed by atoms with Crippen molar-refractivity contribution >= 4 is 33.3 Å². The number of esters is 1. The van der Waals surface area contributed by atoms with Gasteiger partial charge in [-0.3, -0.25) is 4.98 Å². The summed E-state index contributed by atoms with van der Waals surface area (Å²) in [6.45, 7) is 8.76. The Bertz CT molecular complexity index is 1240. The lowest BCUT2D eigenvalue weighted by atomic mass is 10.1. The zero-order valence-electron chi connectivity index (χ0n) is 16.7. The van der Waals surface area contributed by atoms with Crippen molar-refractivity contribution < 1.29 is 14.4 Å². The largest absolute Gasteiger partial charge is 0.457 e. The molecule has 0 radical (unpaired) electrons. The minimum atomic E-state index is -1.23. The molecule has 4 aromatic rings. The first-order valence-corrected chi connectivity index (χ1v) is 9.23. The van der Waals surface area contributed by atoms with Gasteiger partial charge in [-0.15, -0.1) is 0 Å². The predicted octanol–water partition coefficient (Wildman–Crippen LogP) is 4.03. The van der Waals surface area contributed by atoms with Gasteiger partial charge < -0.3 is 14.0 Å². The number of benzene rings is 1. The Balaban J connectivity index is 1.90. The maximum atomic E-state index is 12.5. The van der Waals surface area contributed by atoms with Crippen molar-refractivity contribution in [1.82, 2.24) is 9.38 Å². The van der Waals surface area contributed by atoms with Gasteiger partial charge in [-0.25, -0.2) is 4.79 Å². The van der Waals surface area contributed by atoms with Crippen molar-refractivity contribution in [2.45, 2.75) is 45.8 Å². The highest BCUT2D eigenvalue weighted by atomic mass is 16.7. The molecular formula is C22H23N3O3. The van der Waals surface area contributed by atoms with E-state index >= 15 is 0 Å². The van der Waals surface area contributed by atoms with E-state index in [1.54, 1.807) is 20.0 Å². The Morgan fingerprint density at radius 1 is 1.04 bits per heavy atom. The number of rotatable bonds is 3. The van der Waals surface area contributed by atoms with Gasteiger partial charge in [0.05, 0.1) is 11.0 Å². The molecule has 0 bridgehead atoms. The SMILES string of the molecule is CC(C)(C)OC(=O)C(C)(C)ON=c1c2nccc3cccc(c32)n2cccc12. The van der Waals surface area contributed by atoms with Crippen LogP contribution in [0, 0.1) is 0 Å². The molecular weight excluding hydrogens is 354 g/mol. The van der Waals surface area contributed by atoms with Crippen LogP contribution in [0.4, 0.5) is 0 Å². The average molecular weight is 377 g/mol. The van der Waals surface area contributed by atoms with Crippen LogP contribution in [-0.4, -0.2) is 26.6 Å². The number of carbonyl (C=O) groups excluding carboxylic acids is 1. The molecule has 0 saturated carbocycles. The van der Waals surface area contributed by atoms with E-state index in [0.717, 1.165) is 27.3 Å². The average Bonchev–Trinajstić information content (AvgIpc) is 3.10. The molecule has 0 N–H and O–H groups in total. The van der Waals surface area contributed by atoms with E-state index in [-0.39, 0.29) is 0 Å². The molecule has 1 aromatic carbocycles. The van der Waals surface area contributed by atoms with Gasteiger partial charge in [0.2, 0.25) is 5.60 Å². The third kappa shape index (κ3) is 3.05. The Labute approximate surface area is 162 Å². The van der Waals surface area contributed by atoms with Crippen molar-refractivity contribution in [3.05, 3.63) is 54.1 Å². The molecule has 0 aliphatic rings. The number of aromatic nitrogens is 2. The van der Waals surface area contributed by atoms with Crippen molar-refractivity contribution in [3.63, 3.8) is 0 Å². The van der Waals surface area contributed by atoms with Crippen LogP contribution in [0.25, 0.3) is 27.3 Å². The third-order valence-corrected chi connectivity index (χ3v) is 4.50. The van der Waals surface area contributed by atoms with Crippen LogP contribution >= 0.6 is 0 Å². The molecule has 6 heteroatoms. The topological polar surface area (TPSA) is 65.2 Å². The zero-order chi connectivity index (χ0) is 20.1. The fourth-order valence-corrected chi connectivity index (χ4v) is 3.18. The van der Waals surface area contributed by atoms with Crippen LogP contribution in [0.2, 0.25) is 0 Å². The zero-order valence-corrected chi connectivity index (χ0v) is 16.7. The lowest BCUT2D eigenvalue weighted by molar-refractivity contribution is -0.180. The monoisotopic (exact) mass is 377 g/mol. The van der Waals surface area contributed by atoms with Gasteiger partial charge >= 0.3 is 5.97 Å². The molecule has 0 unspecified atom stereocenters. The molecule has 28 heavy (non-hydrogen) atoms. The Morgan fingerprint density at radius 2 is 1.79 bits per heavy atom. The second kappa shape index (κ2) is 6.19. The van der Waals surface area contributed by atoms with Crippen LogP contribution in [-0.2, 0) is 14.4 Å². The van der Waals surface area contributed by atoms with Gasteiger partial charge in [0.25, 0.3) is 0 Å². The van der Waals surface area contributed by atoms with Crippen molar-refractivity contribution in [2.75, 3.05) is 0 Å². The summed E-state index contributed by atoms with van der Waals surface area (Å²) in [4.78, 5) is 22.8. The number of nitrogens with zero attached hydrogens (tertiary/aromatic N) is 3. The quantitative estimate of drug-likeness (QED) is 0.399. The number of pyridine rings is 2. The number of fused-ring (bicyclic) bond motifs is 2. The highest BCUT2D eigenvalue weighted by Crippen LogP contribution is 2.25. The molecule has 0 amide bonds. The fourth-order valence-electron chi connectivity index (χ4n) is 3.18. The van der Waals surface area contributed by atoms with Crippen LogP contribution in [0.5, 0.6) is 0 Å². The normalized spacial score (nSPS) is 13.5. The summed E-state index contributed by atoms with van der Waals surface area (Å²) in [6, 6.07) is 12.0. The maximum absolute atomic E-state index is 12.5. The van der Waals surface area contributed by atoms with Gasteiger partial charge in [-0.05, 0) is 64.3 Å². The highest BCUT2D eigenvalue weighted by Gasteiger charge is 2.35. The van der Waals surface area contributed by atoms with Crippen LogP contribution in [0.1, 0.15) is 34.6 Å². The molecule has 0 aliphatic heterocycles. The van der Waals surface area contributed by atoms with Crippen LogP contribution in [0.3, 0.4) is 0 Å². The molecule has 0 fully saturated rings. The molecule has 4 rings (SSSR count). The number of carbonyl (C=O) groups is 1. The van der Waals surface area contributed by atoms with Crippen molar-refractivity contribution in [2.24, 2.45) is 5.16 Å². The predicted molar refractivity (Wildman–Crippen MR) is 108 cm³/mol. The number of hydrogen-bond acceptors (Lipinski definition) is 5. The van der Waals surface area contributed by atoms with E-state index < -0.39 is 17.2 Å². The molecule has 6 nitrogen and oxygen atoms in total. The van der Waals surface area contributed by atoms with Gasteiger partial charge in [-0.2, -0.15) is 0 Å². The summed E-state index contributed by atoms with van der Waals surface area (Å²) in [7, 11) is 0. The van der Waals surface area contributed by atoms with E-state index in [1.807, 2.05) is 57.3 Å². The Hall–Kier alpha value is -3.15. The van der Waals surface area contributed by atoms with Gasteiger partial charge in [0.15, 0.2) is 5.36 Å². The Morgan fingerprint density at radius 3 is 2.54 bits per heavy atom. The smallest absolute Gasteiger partial charge is 0.353 e. The molecule has 0 atom stereocenters. The first-order chi connectivity index (χ1) is 13.2. The van der Waals surface area contributed by atoms with E-state index in [9.17, 15) is 4.79 Å². The summed E-state index contributed by atoms with van der Waals surface area (Å²) in [5.74, 6) is -0.470. The fraction of sp³-hybridized carbons (Fsp3) is 0.318. The van der Waals surface area contributed by atoms with Gasteiger partial charge in [0, 0.05) is 17.8 Å². The molecule has 144 valence electrons. The summed E-state index contributed by atoms with van der Waals surface area (Å²) in [5.41, 5.74) is 0.808. The first kappa shape index (κ1) is 18.2. The van der Waals surface area contributed by atoms with E-state index in [0.29, 0.717) is 5.36 Å². The van der Waals surface area contributed by atoms with E-state index in [2.05, 4.69) is 20.6 Å². The maximum Gasteiger partial charge on any atom is 0.353 e. The first-order valence-electron chi connectivity index (χ1n) is 9.23. The minimum absolute atomic E-state index is 0.470. The molecule has 3 aromatic heterocycles.